The molecule has 0 aliphatic carbocycles. The first kappa shape index (κ1) is 36.2. The van der Waals surface area contributed by atoms with Crippen molar-refractivity contribution in [3.63, 3.8) is 0 Å². The number of nitrogens with zero attached hydrogens (tertiary/aromatic N) is 4. The molecule has 2 heterocycles. The molecular weight excluding hydrogens is 683 g/mol. The monoisotopic (exact) mass is 720 g/mol. The van der Waals surface area contributed by atoms with Crippen molar-refractivity contribution in [3.8, 4) is 11.5 Å². The van der Waals surface area contributed by atoms with Crippen LogP contribution in [0.2, 0.25) is 10.0 Å². The van der Waals surface area contributed by atoms with Crippen molar-refractivity contribution >= 4 is 69.9 Å². The number of fused-ring (bicyclic) bond motifs is 1. The first-order valence-electron chi connectivity index (χ1n) is 15.8. The van der Waals surface area contributed by atoms with Crippen LogP contribution in [0.3, 0.4) is 0 Å². The molecule has 3 amide bonds. The van der Waals surface area contributed by atoms with Crippen molar-refractivity contribution < 1.29 is 28.6 Å². The lowest BCUT2D eigenvalue weighted by molar-refractivity contribution is -0.118. The van der Waals surface area contributed by atoms with Crippen LogP contribution in [0.1, 0.15) is 50.8 Å². The van der Waals surface area contributed by atoms with E-state index in [9.17, 15) is 14.4 Å². The van der Waals surface area contributed by atoms with Crippen LogP contribution in [0, 0.1) is 0 Å². The highest BCUT2D eigenvalue weighted by molar-refractivity contribution is 6.42. The van der Waals surface area contributed by atoms with Gasteiger partial charge in [-0.15, -0.1) is 0 Å². The van der Waals surface area contributed by atoms with Gasteiger partial charge in [-0.3, -0.25) is 19.9 Å². The maximum atomic E-state index is 14.5. The highest BCUT2D eigenvalue weighted by Gasteiger charge is 2.37. The minimum absolute atomic E-state index is 0.0303. The lowest BCUT2D eigenvalue weighted by Crippen LogP contribution is -2.48. The lowest BCUT2D eigenvalue weighted by atomic mass is 10.0. The van der Waals surface area contributed by atoms with Gasteiger partial charge >= 0.3 is 12.1 Å². The Kier molecular flexibility index (Phi) is 11.0. The molecule has 14 heteroatoms. The molecule has 0 unspecified atom stereocenters. The average molecular weight is 722 g/mol. The molecule has 0 saturated heterocycles. The third-order valence-electron chi connectivity index (χ3n) is 7.64. The van der Waals surface area contributed by atoms with E-state index in [1.807, 2.05) is 31.2 Å². The van der Waals surface area contributed by atoms with Gasteiger partial charge in [0.15, 0.2) is 0 Å². The SMILES string of the molecule is CCC(=O)Cc1cccc(CN2C(=O)N(c3c(Cl)c(OC)cc(OC)c3Cl)Cc3cnc(Nc4ccccc4NC(=O)OC(C)(C)C)nc32)c1. The number of rotatable bonds is 11. The number of carbonyl (C=O) groups excluding carboxylic acids is 3. The second kappa shape index (κ2) is 15.2. The van der Waals surface area contributed by atoms with Crippen LogP contribution in [0.4, 0.5) is 38.4 Å². The molecule has 0 radical (unpaired) electrons. The Morgan fingerprint density at radius 3 is 2.24 bits per heavy atom. The molecule has 0 fully saturated rings. The van der Waals surface area contributed by atoms with Crippen LogP contribution in [0.25, 0.3) is 0 Å². The molecule has 2 N–H and O–H groups in total. The number of carbonyl (C=O) groups is 3. The van der Waals surface area contributed by atoms with E-state index >= 15 is 0 Å². The molecule has 3 aromatic carbocycles. The van der Waals surface area contributed by atoms with Crippen molar-refractivity contribution in [3.05, 3.63) is 87.5 Å². The third-order valence-corrected chi connectivity index (χ3v) is 8.38. The van der Waals surface area contributed by atoms with E-state index in [4.69, 9.17) is 42.4 Å². The number of anilines is 5. The van der Waals surface area contributed by atoms with Crippen molar-refractivity contribution in [2.24, 2.45) is 0 Å². The zero-order valence-corrected chi connectivity index (χ0v) is 30.1. The van der Waals surface area contributed by atoms with Gasteiger partial charge in [-0.05, 0) is 44.0 Å². The number of ether oxygens (including phenoxy) is 3. The largest absolute Gasteiger partial charge is 0.495 e. The van der Waals surface area contributed by atoms with Crippen molar-refractivity contribution in [2.75, 3.05) is 34.7 Å². The first-order chi connectivity index (χ1) is 23.8. The number of aromatic nitrogens is 2. The first-order valence-corrected chi connectivity index (χ1v) is 16.6. The van der Waals surface area contributed by atoms with E-state index in [2.05, 4.69) is 15.6 Å². The molecule has 0 spiro atoms. The highest BCUT2D eigenvalue weighted by Crippen LogP contribution is 2.48. The van der Waals surface area contributed by atoms with Crippen molar-refractivity contribution in [2.45, 2.75) is 59.2 Å². The predicted molar refractivity (Wildman–Crippen MR) is 194 cm³/mol. The summed E-state index contributed by atoms with van der Waals surface area (Å²) in [6.07, 6.45) is 1.69. The summed E-state index contributed by atoms with van der Waals surface area (Å²) in [5, 5.41) is 6.17. The van der Waals surface area contributed by atoms with E-state index in [1.165, 1.54) is 24.0 Å². The zero-order valence-electron chi connectivity index (χ0n) is 28.6. The second-order valence-corrected chi connectivity index (χ2v) is 13.2. The Bertz CT molecular complexity index is 1900. The highest BCUT2D eigenvalue weighted by atomic mass is 35.5. The Morgan fingerprint density at radius 2 is 1.60 bits per heavy atom. The summed E-state index contributed by atoms with van der Waals surface area (Å²) in [5.41, 5.74) is 2.67. The van der Waals surface area contributed by atoms with Crippen molar-refractivity contribution in [1.82, 2.24) is 9.97 Å². The van der Waals surface area contributed by atoms with Crippen LogP contribution in [-0.4, -0.2) is 47.7 Å². The van der Waals surface area contributed by atoms with Crippen LogP contribution < -0.4 is 29.9 Å². The fraction of sp³-hybridized carbons (Fsp3) is 0.306. The average Bonchev–Trinajstić information content (AvgIpc) is 3.07. The molecule has 4 aromatic rings. The fourth-order valence-corrected chi connectivity index (χ4v) is 6.02. The molecule has 1 aliphatic rings. The molecule has 1 aliphatic heterocycles. The number of hydrogen-bond acceptors (Lipinski definition) is 9. The van der Waals surface area contributed by atoms with Gasteiger partial charge < -0.3 is 19.5 Å². The fourth-order valence-electron chi connectivity index (χ4n) is 5.31. The minimum Gasteiger partial charge on any atom is -0.495 e. The number of halogens is 2. The molecular formula is C36H38Cl2N6O6. The quantitative estimate of drug-likeness (QED) is 0.156. The van der Waals surface area contributed by atoms with E-state index in [-0.39, 0.29) is 58.5 Å². The summed E-state index contributed by atoms with van der Waals surface area (Å²) in [4.78, 5) is 51.6. The summed E-state index contributed by atoms with van der Waals surface area (Å²) in [7, 11) is 2.91. The van der Waals surface area contributed by atoms with E-state index in [0.717, 1.165) is 11.1 Å². The summed E-state index contributed by atoms with van der Waals surface area (Å²) in [6, 6.07) is 15.6. The number of ketones is 1. The van der Waals surface area contributed by atoms with Crippen molar-refractivity contribution in [1.29, 1.82) is 0 Å². The molecule has 0 atom stereocenters. The Balaban J connectivity index is 1.56. The van der Waals surface area contributed by atoms with Crippen LogP contribution >= 0.6 is 23.2 Å². The minimum atomic E-state index is -0.687. The van der Waals surface area contributed by atoms with Gasteiger partial charge in [0.05, 0.1) is 44.4 Å². The van der Waals surface area contributed by atoms with Gasteiger partial charge in [-0.2, -0.15) is 4.98 Å². The topological polar surface area (TPSA) is 135 Å². The number of Topliss-reactive ketones (excluding diaryl/α,β-unsaturated/α-hetero) is 1. The Hall–Kier alpha value is -5.07. The number of nitrogens with one attached hydrogen (secondary N) is 2. The zero-order chi connectivity index (χ0) is 36.2. The lowest BCUT2D eigenvalue weighted by Gasteiger charge is -2.37. The second-order valence-electron chi connectivity index (χ2n) is 12.4. The molecule has 0 bridgehead atoms. The number of hydrogen-bond donors (Lipinski definition) is 2. The van der Waals surface area contributed by atoms with Gasteiger partial charge in [-0.1, -0.05) is 66.5 Å². The summed E-state index contributed by atoms with van der Waals surface area (Å²) in [5.74, 6) is 1.17. The molecule has 50 heavy (non-hydrogen) atoms. The van der Waals surface area contributed by atoms with E-state index < -0.39 is 17.7 Å². The predicted octanol–water partition coefficient (Wildman–Crippen LogP) is 8.56. The van der Waals surface area contributed by atoms with E-state index in [0.29, 0.717) is 29.2 Å². The van der Waals surface area contributed by atoms with Crippen LogP contribution in [0.5, 0.6) is 11.5 Å². The van der Waals surface area contributed by atoms with Gasteiger partial charge in [-0.25, -0.2) is 14.6 Å². The van der Waals surface area contributed by atoms with Crippen LogP contribution in [0.15, 0.2) is 60.8 Å². The number of para-hydroxylation sites is 2. The standard InChI is InChI=1S/C36H38Cl2N6O6/c1-7-24(45)16-21-11-10-12-22(15-21)19-44-32-23(20-43(35(44)47)31-29(37)27(48-5)17-28(49-6)30(31)38)18-39-33(42-32)40-25-13-8-9-14-26(25)41-34(46)50-36(2,3)4/h8-15,17-18H,7,16,19-20H2,1-6H3,(H,41,46)(H,39,40,42). The number of amides is 3. The van der Waals surface area contributed by atoms with Gasteiger partial charge in [0.1, 0.15) is 38.7 Å². The summed E-state index contributed by atoms with van der Waals surface area (Å²) >= 11 is 13.5. The smallest absolute Gasteiger partial charge is 0.412 e. The van der Waals surface area contributed by atoms with Gasteiger partial charge in [0.25, 0.3) is 0 Å². The van der Waals surface area contributed by atoms with E-state index in [1.54, 1.807) is 57.3 Å². The maximum absolute atomic E-state index is 14.5. The maximum Gasteiger partial charge on any atom is 0.412 e. The normalized spacial score (nSPS) is 12.7. The molecule has 262 valence electrons. The number of urea groups is 1. The Labute approximate surface area is 300 Å². The number of benzene rings is 3. The molecule has 5 rings (SSSR count). The summed E-state index contributed by atoms with van der Waals surface area (Å²) < 4.78 is 16.4. The van der Waals surface area contributed by atoms with Crippen LogP contribution in [-0.2, 0) is 29.0 Å². The third kappa shape index (κ3) is 8.20. The number of methoxy groups -OCH3 is 2. The Morgan fingerprint density at radius 1 is 0.940 bits per heavy atom. The molecule has 1 aromatic heterocycles. The summed E-state index contributed by atoms with van der Waals surface area (Å²) in [6.45, 7) is 7.28. The van der Waals surface area contributed by atoms with Gasteiger partial charge in [0, 0.05) is 30.7 Å². The molecule has 12 nitrogen and oxygen atoms in total. The van der Waals surface area contributed by atoms with Gasteiger partial charge in [0.2, 0.25) is 5.95 Å². The molecule has 0 saturated carbocycles.